The molecular formula is C12H14ClN5S. The number of hydrogen-bond acceptors (Lipinski definition) is 5. The van der Waals surface area contributed by atoms with Crippen LogP contribution in [0.3, 0.4) is 0 Å². The number of hydrogen-bond donors (Lipinski definition) is 0. The van der Waals surface area contributed by atoms with Gasteiger partial charge in [0.25, 0.3) is 0 Å². The van der Waals surface area contributed by atoms with Gasteiger partial charge in [0.2, 0.25) is 11.2 Å². The number of aromatic nitrogens is 5. The Kier molecular flexibility index (Phi) is 3.98. The van der Waals surface area contributed by atoms with Crippen LogP contribution in [0, 0.1) is 5.92 Å². The minimum atomic E-state index is 0.229. The highest BCUT2D eigenvalue weighted by atomic mass is 35.5. The summed E-state index contributed by atoms with van der Waals surface area (Å²) in [5.74, 6) is 2.37. The smallest absolute Gasteiger partial charge is 0.240 e. The molecule has 1 aliphatic rings. The third-order valence-corrected chi connectivity index (χ3v) is 4.48. The van der Waals surface area contributed by atoms with E-state index >= 15 is 0 Å². The van der Waals surface area contributed by atoms with Gasteiger partial charge in [-0.1, -0.05) is 24.6 Å². The zero-order valence-electron chi connectivity index (χ0n) is 10.4. The molecule has 0 amide bonds. The van der Waals surface area contributed by atoms with Crippen molar-refractivity contribution in [3.63, 3.8) is 0 Å². The molecule has 0 saturated heterocycles. The number of rotatable bonds is 4. The third-order valence-electron chi connectivity index (χ3n) is 3.23. The highest BCUT2D eigenvalue weighted by Gasteiger charge is 2.16. The van der Waals surface area contributed by atoms with Crippen LogP contribution in [0.2, 0.25) is 5.28 Å². The lowest BCUT2D eigenvalue weighted by atomic mass is 10.1. The predicted molar refractivity (Wildman–Crippen MR) is 74.6 cm³/mol. The summed E-state index contributed by atoms with van der Waals surface area (Å²) in [6, 6.07) is 0. The van der Waals surface area contributed by atoms with Crippen LogP contribution in [0.5, 0.6) is 0 Å². The number of nitrogens with zero attached hydrogens (tertiary/aromatic N) is 5. The quantitative estimate of drug-likeness (QED) is 0.812. The molecule has 0 N–H and O–H groups in total. The highest BCUT2D eigenvalue weighted by Crippen LogP contribution is 2.30. The van der Waals surface area contributed by atoms with Gasteiger partial charge in [-0.05, 0) is 30.4 Å². The molecular weight excluding hydrogens is 282 g/mol. The molecule has 0 atom stereocenters. The van der Waals surface area contributed by atoms with Crippen LogP contribution < -0.4 is 0 Å². The molecule has 0 bridgehead atoms. The maximum atomic E-state index is 5.95. The van der Waals surface area contributed by atoms with Crippen LogP contribution in [0.15, 0.2) is 23.9 Å². The first-order valence-corrected chi connectivity index (χ1v) is 7.70. The van der Waals surface area contributed by atoms with Crippen molar-refractivity contribution >= 4 is 23.4 Å². The summed E-state index contributed by atoms with van der Waals surface area (Å²) in [6.45, 7) is 0. The molecule has 2 aromatic rings. The first kappa shape index (κ1) is 12.9. The summed E-state index contributed by atoms with van der Waals surface area (Å²) in [6.07, 6.45) is 10.5. The summed E-state index contributed by atoms with van der Waals surface area (Å²) in [5, 5.41) is 0.920. The normalized spacial score (nSPS) is 16.1. The van der Waals surface area contributed by atoms with Gasteiger partial charge >= 0.3 is 0 Å². The zero-order chi connectivity index (χ0) is 13.1. The van der Waals surface area contributed by atoms with Crippen LogP contribution in [-0.2, 0) is 0 Å². The average Bonchev–Trinajstić information content (AvgIpc) is 3.09. The molecule has 0 spiro atoms. The summed E-state index contributed by atoms with van der Waals surface area (Å²) >= 11 is 7.62. The molecule has 100 valence electrons. The maximum Gasteiger partial charge on any atom is 0.240 e. The van der Waals surface area contributed by atoms with E-state index in [2.05, 4.69) is 19.9 Å². The fourth-order valence-electron chi connectivity index (χ4n) is 2.25. The van der Waals surface area contributed by atoms with E-state index in [4.69, 9.17) is 11.6 Å². The van der Waals surface area contributed by atoms with Gasteiger partial charge in [-0.2, -0.15) is 15.0 Å². The van der Waals surface area contributed by atoms with Gasteiger partial charge in [-0.25, -0.2) is 4.98 Å². The highest BCUT2D eigenvalue weighted by molar-refractivity contribution is 7.99. The Bertz CT molecular complexity index is 539. The van der Waals surface area contributed by atoms with Gasteiger partial charge < -0.3 is 0 Å². The maximum absolute atomic E-state index is 5.95. The third kappa shape index (κ3) is 3.25. The SMILES string of the molecule is Clc1nc(SCC2CCCC2)nc(-n2ccnc2)n1. The molecule has 5 nitrogen and oxygen atoms in total. The molecule has 2 aromatic heterocycles. The first-order valence-electron chi connectivity index (χ1n) is 6.34. The average molecular weight is 296 g/mol. The van der Waals surface area contributed by atoms with Gasteiger partial charge in [0.05, 0.1) is 0 Å². The molecule has 0 radical (unpaired) electrons. The lowest BCUT2D eigenvalue weighted by Gasteiger charge is -2.08. The van der Waals surface area contributed by atoms with Crippen LogP contribution in [-0.4, -0.2) is 30.3 Å². The molecule has 2 heterocycles. The van der Waals surface area contributed by atoms with E-state index in [-0.39, 0.29) is 5.28 Å². The van der Waals surface area contributed by atoms with Crippen LogP contribution in [0.4, 0.5) is 0 Å². The molecule has 0 aliphatic heterocycles. The van der Waals surface area contributed by atoms with Crippen molar-refractivity contribution in [2.75, 3.05) is 5.75 Å². The summed E-state index contributed by atoms with van der Waals surface area (Å²) < 4.78 is 1.73. The second-order valence-corrected chi connectivity index (χ2v) is 5.94. The van der Waals surface area contributed by atoms with Crippen molar-refractivity contribution in [2.24, 2.45) is 5.92 Å². The van der Waals surface area contributed by atoms with Gasteiger partial charge in [0, 0.05) is 18.1 Å². The lowest BCUT2D eigenvalue weighted by Crippen LogP contribution is -2.04. The van der Waals surface area contributed by atoms with E-state index in [1.165, 1.54) is 25.7 Å². The van der Waals surface area contributed by atoms with E-state index in [0.29, 0.717) is 11.1 Å². The molecule has 1 saturated carbocycles. The minimum absolute atomic E-state index is 0.229. The van der Waals surface area contributed by atoms with Gasteiger partial charge in [-0.15, -0.1) is 0 Å². The Morgan fingerprint density at radius 1 is 1.26 bits per heavy atom. The molecule has 7 heteroatoms. The van der Waals surface area contributed by atoms with E-state index in [0.717, 1.165) is 11.7 Å². The molecule has 1 aliphatic carbocycles. The van der Waals surface area contributed by atoms with Crippen LogP contribution in [0.25, 0.3) is 5.95 Å². The lowest BCUT2D eigenvalue weighted by molar-refractivity contribution is 0.622. The van der Waals surface area contributed by atoms with Crippen LogP contribution >= 0.6 is 23.4 Å². The second-order valence-electron chi connectivity index (χ2n) is 4.62. The largest absolute Gasteiger partial charge is 0.274 e. The molecule has 1 fully saturated rings. The standard InChI is InChI=1S/C12H14ClN5S/c13-10-15-11(18-6-5-14-8-18)17-12(16-10)19-7-9-3-1-2-4-9/h5-6,8-9H,1-4,7H2. The summed E-state index contributed by atoms with van der Waals surface area (Å²) in [7, 11) is 0. The molecule has 0 aromatic carbocycles. The van der Waals surface area contributed by atoms with Gasteiger partial charge in [0.15, 0.2) is 5.16 Å². The van der Waals surface area contributed by atoms with Crippen molar-refractivity contribution in [1.29, 1.82) is 0 Å². The monoisotopic (exact) mass is 295 g/mol. The predicted octanol–water partition coefficient (Wildman–Crippen LogP) is 2.99. The Labute approximate surface area is 120 Å². The number of thioether (sulfide) groups is 1. The Hall–Kier alpha value is -1.14. The molecule has 3 rings (SSSR count). The fraction of sp³-hybridized carbons (Fsp3) is 0.500. The van der Waals surface area contributed by atoms with Gasteiger partial charge in [0.1, 0.15) is 6.33 Å². The minimum Gasteiger partial charge on any atom is -0.274 e. The molecule has 0 unspecified atom stereocenters. The first-order chi connectivity index (χ1) is 9.31. The van der Waals surface area contributed by atoms with Crippen molar-refractivity contribution < 1.29 is 0 Å². The summed E-state index contributed by atoms with van der Waals surface area (Å²) in [4.78, 5) is 16.7. The van der Waals surface area contributed by atoms with E-state index < -0.39 is 0 Å². The zero-order valence-corrected chi connectivity index (χ0v) is 11.9. The van der Waals surface area contributed by atoms with Crippen molar-refractivity contribution in [2.45, 2.75) is 30.8 Å². The fourth-order valence-corrected chi connectivity index (χ4v) is 3.47. The van der Waals surface area contributed by atoms with E-state index in [9.17, 15) is 0 Å². The molecule has 19 heavy (non-hydrogen) atoms. The van der Waals surface area contributed by atoms with E-state index in [1.807, 2.05) is 0 Å². The van der Waals surface area contributed by atoms with Crippen LogP contribution in [0.1, 0.15) is 25.7 Å². The Morgan fingerprint density at radius 2 is 2.11 bits per heavy atom. The number of imidazole rings is 1. The topological polar surface area (TPSA) is 56.5 Å². The van der Waals surface area contributed by atoms with Crippen molar-refractivity contribution in [1.82, 2.24) is 24.5 Å². The second kappa shape index (κ2) is 5.88. The van der Waals surface area contributed by atoms with Crippen molar-refractivity contribution in [3.8, 4) is 5.95 Å². The number of halogens is 1. The Balaban J connectivity index is 1.74. The van der Waals surface area contributed by atoms with Crippen molar-refractivity contribution in [3.05, 3.63) is 24.0 Å². The van der Waals surface area contributed by atoms with Gasteiger partial charge in [-0.3, -0.25) is 4.57 Å². The Morgan fingerprint density at radius 3 is 2.84 bits per heavy atom. The van der Waals surface area contributed by atoms with E-state index in [1.54, 1.807) is 35.0 Å². The summed E-state index contributed by atoms with van der Waals surface area (Å²) in [5.41, 5.74) is 0.